The molecule has 1 aromatic heterocycles. The van der Waals surface area contributed by atoms with Crippen LogP contribution in [0.15, 0.2) is 22.7 Å². The third-order valence-electron chi connectivity index (χ3n) is 4.91. The standard InChI is InChI=1S/C19H19F2N3O2/c1-12-14(11-22)17(24-26-12)10-18(25)23-19(7-3-2-4-8-19)15-6-5-13(20)9-16(15)21/h5-6,9H,2-4,7-8,10H2,1H3,(H,23,25). The van der Waals surface area contributed by atoms with Crippen LogP contribution in [0.4, 0.5) is 8.78 Å². The highest BCUT2D eigenvalue weighted by molar-refractivity contribution is 5.80. The third-order valence-corrected chi connectivity index (χ3v) is 4.91. The largest absolute Gasteiger partial charge is 0.360 e. The SMILES string of the molecule is Cc1onc(CC(=O)NC2(c3ccc(F)cc3F)CCCCC2)c1C#N. The average Bonchev–Trinajstić information content (AvgIpc) is 2.94. The molecule has 1 amide bonds. The fraction of sp³-hybridized carbons (Fsp3) is 0.421. The van der Waals surface area contributed by atoms with E-state index < -0.39 is 17.2 Å². The van der Waals surface area contributed by atoms with Gasteiger partial charge in [0, 0.05) is 11.6 Å². The molecule has 1 aliphatic rings. The van der Waals surface area contributed by atoms with Gasteiger partial charge in [-0.1, -0.05) is 30.5 Å². The van der Waals surface area contributed by atoms with Gasteiger partial charge in [-0.25, -0.2) is 8.78 Å². The van der Waals surface area contributed by atoms with Crippen LogP contribution in [-0.2, 0) is 16.8 Å². The molecule has 1 N–H and O–H groups in total. The van der Waals surface area contributed by atoms with Crippen molar-refractivity contribution in [1.29, 1.82) is 5.26 Å². The number of amides is 1. The number of hydrogen-bond donors (Lipinski definition) is 1. The van der Waals surface area contributed by atoms with Gasteiger partial charge >= 0.3 is 0 Å². The summed E-state index contributed by atoms with van der Waals surface area (Å²) in [5.41, 5.74) is -0.0822. The summed E-state index contributed by atoms with van der Waals surface area (Å²) in [5.74, 6) is -1.34. The first-order valence-electron chi connectivity index (χ1n) is 8.57. The summed E-state index contributed by atoms with van der Waals surface area (Å²) in [5, 5.41) is 15.8. The summed E-state index contributed by atoms with van der Waals surface area (Å²) in [4.78, 5) is 12.6. The fourth-order valence-corrected chi connectivity index (χ4v) is 3.64. The minimum atomic E-state index is -0.876. The molecule has 0 spiro atoms. The average molecular weight is 359 g/mol. The van der Waals surface area contributed by atoms with Crippen molar-refractivity contribution in [3.8, 4) is 6.07 Å². The summed E-state index contributed by atoms with van der Waals surface area (Å²) in [6.07, 6.45) is 3.69. The Labute approximate surface area is 150 Å². The molecule has 7 heteroatoms. The van der Waals surface area contributed by atoms with Gasteiger partial charge in [0.05, 0.1) is 12.0 Å². The molecular formula is C19H19F2N3O2. The smallest absolute Gasteiger partial charge is 0.226 e. The van der Waals surface area contributed by atoms with E-state index in [1.54, 1.807) is 6.92 Å². The number of nitrogens with one attached hydrogen (secondary N) is 1. The van der Waals surface area contributed by atoms with Crippen LogP contribution in [0, 0.1) is 29.9 Å². The zero-order chi connectivity index (χ0) is 18.7. The molecule has 136 valence electrons. The van der Waals surface area contributed by atoms with Gasteiger partial charge < -0.3 is 9.84 Å². The van der Waals surface area contributed by atoms with Gasteiger partial charge in [0.1, 0.15) is 29.0 Å². The molecule has 0 bridgehead atoms. The molecule has 3 rings (SSSR count). The van der Waals surface area contributed by atoms with Crippen LogP contribution in [0.2, 0.25) is 0 Å². The van der Waals surface area contributed by atoms with Crippen molar-refractivity contribution in [3.05, 3.63) is 52.4 Å². The second kappa shape index (κ2) is 7.24. The number of halogens is 2. The number of hydrogen-bond acceptors (Lipinski definition) is 4. The maximum Gasteiger partial charge on any atom is 0.226 e. The van der Waals surface area contributed by atoms with Crippen molar-refractivity contribution in [3.63, 3.8) is 0 Å². The maximum absolute atomic E-state index is 14.4. The zero-order valence-electron chi connectivity index (χ0n) is 14.4. The zero-order valence-corrected chi connectivity index (χ0v) is 14.4. The molecule has 0 saturated heterocycles. The van der Waals surface area contributed by atoms with Gasteiger partial charge in [-0.3, -0.25) is 4.79 Å². The van der Waals surface area contributed by atoms with Crippen molar-refractivity contribution in [1.82, 2.24) is 10.5 Å². The van der Waals surface area contributed by atoms with Crippen LogP contribution in [0.5, 0.6) is 0 Å². The van der Waals surface area contributed by atoms with Crippen molar-refractivity contribution in [2.24, 2.45) is 0 Å². The molecule has 26 heavy (non-hydrogen) atoms. The Morgan fingerprint density at radius 3 is 2.73 bits per heavy atom. The molecule has 0 aliphatic heterocycles. The number of aromatic nitrogens is 1. The molecule has 1 aliphatic carbocycles. The van der Waals surface area contributed by atoms with Crippen LogP contribution in [-0.4, -0.2) is 11.1 Å². The molecule has 1 fully saturated rings. The van der Waals surface area contributed by atoms with Gasteiger partial charge in [0.15, 0.2) is 5.76 Å². The Morgan fingerprint density at radius 2 is 2.08 bits per heavy atom. The lowest BCUT2D eigenvalue weighted by Gasteiger charge is -2.39. The predicted octanol–water partition coefficient (Wildman–Crippen LogP) is 3.65. The van der Waals surface area contributed by atoms with Crippen molar-refractivity contribution < 1.29 is 18.1 Å². The molecule has 1 heterocycles. The lowest BCUT2D eigenvalue weighted by atomic mass is 9.76. The van der Waals surface area contributed by atoms with Crippen molar-refractivity contribution >= 4 is 5.91 Å². The van der Waals surface area contributed by atoms with Crippen LogP contribution < -0.4 is 5.32 Å². The monoisotopic (exact) mass is 359 g/mol. The third kappa shape index (κ3) is 3.45. The van der Waals surface area contributed by atoms with E-state index in [0.717, 1.165) is 25.3 Å². The first kappa shape index (κ1) is 18.1. The quantitative estimate of drug-likeness (QED) is 0.904. The Morgan fingerprint density at radius 1 is 1.35 bits per heavy atom. The van der Waals surface area contributed by atoms with Crippen LogP contribution >= 0.6 is 0 Å². The molecule has 1 saturated carbocycles. The molecular weight excluding hydrogens is 340 g/mol. The number of aryl methyl sites for hydroxylation is 1. The lowest BCUT2D eigenvalue weighted by Crippen LogP contribution is -2.48. The van der Waals surface area contributed by atoms with Crippen LogP contribution in [0.1, 0.15) is 54.7 Å². The molecule has 1 aromatic carbocycles. The minimum Gasteiger partial charge on any atom is -0.360 e. The Bertz CT molecular complexity index is 864. The highest BCUT2D eigenvalue weighted by Gasteiger charge is 2.37. The Kier molecular flexibility index (Phi) is 5.03. The second-order valence-corrected chi connectivity index (χ2v) is 6.66. The number of nitrogens with zero attached hydrogens (tertiary/aromatic N) is 2. The molecule has 0 unspecified atom stereocenters. The van der Waals surface area contributed by atoms with E-state index >= 15 is 0 Å². The number of carbonyl (C=O) groups is 1. The summed E-state index contributed by atoms with van der Waals surface area (Å²) < 4.78 is 32.7. The first-order valence-corrected chi connectivity index (χ1v) is 8.57. The number of carbonyl (C=O) groups excluding carboxylic acids is 1. The maximum atomic E-state index is 14.4. The van der Waals surface area contributed by atoms with Crippen LogP contribution in [0.25, 0.3) is 0 Å². The van der Waals surface area contributed by atoms with E-state index in [2.05, 4.69) is 10.5 Å². The number of benzene rings is 1. The topological polar surface area (TPSA) is 78.9 Å². The van der Waals surface area contributed by atoms with E-state index in [1.807, 2.05) is 6.07 Å². The summed E-state index contributed by atoms with van der Waals surface area (Å²) in [7, 11) is 0. The summed E-state index contributed by atoms with van der Waals surface area (Å²) >= 11 is 0. The second-order valence-electron chi connectivity index (χ2n) is 6.66. The number of nitriles is 1. The highest BCUT2D eigenvalue weighted by atomic mass is 19.1. The van der Waals surface area contributed by atoms with E-state index in [0.29, 0.717) is 24.2 Å². The van der Waals surface area contributed by atoms with Crippen LogP contribution in [0.3, 0.4) is 0 Å². The first-order chi connectivity index (χ1) is 12.4. The highest BCUT2D eigenvalue weighted by Crippen LogP contribution is 2.38. The van der Waals surface area contributed by atoms with Crippen molar-refractivity contribution in [2.75, 3.05) is 0 Å². The van der Waals surface area contributed by atoms with Gasteiger partial charge in [0.2, 0.25) is 5.91 Å². The van der Waals surface area contributed by atoms with Gasteiger partial charge in [-0.2, -0.15) is 5.26 Å². The molecule has 0 atom stereocenters. The van der Waals surface area contributed by atoms with E-state index in [9.17, 15) is 13.6 Å². The normalized spacial score (nSPS) is 16.1. The van der Waals surface area contributed by atoms with Gasteiger partial charge in [0.25, 0.3) is 0 Å². The minimum absolute atomic E-state index is 0.134. The molecule has 5 nitrogen and oxygen atoms in total. The predicted molar refractivity (Wildman–Crippen MR) is 88.9 cm³/mol. The Hall–Kier alpha value is -2.75. The Balaban J connectivity index is 1.87. The fourth-order valence-electron chi connectivity index (χ4n) is 3.64. The van der Waals surface area contributed by atoms with E-state index in [1.165, 1.54) is 12.1 Å². The number of rotatable bonds is 4. The molecule has 2 aromatic rings. The lowest BCUT2D eigenvalue weighted by molar-refractivity contribution is -0.123. The van der Waals surface area contributed by atoms with E-state index in [4.69, 9.17) is 9.78 Å². The van der Waals surface area contributed by atoms with Gasteiger partial charge in [-0.15, -0.1) is 0 Å². The van der Waals surface area contributed by atoms with Crippen molar-refractivity contribution in [2.45, 2.75) is 51.0 Å². The summed E-state index contributed by atoms with van der Waals surface area (Å²) in [6, 6.07) is 5.42. The molecule has 0 radical (unpaired) electrons. The van der Waals surface area contributed by atoms with E-state index in [-0.39, 0.29) is 23.6 Å². The van der Waals surface area contributed by atoms with Gasteiger partial charge in [-0.05, 0) is 25.8 Å². The summed E-state index contributed by atoms with van der Waals surface area (Å²) in [6.45, 7) is 1.60.